The summed E-state index contributed by atoms with van der Waals surface area (Å²) in [6.07, 6.45) is 1.35. The van der Waals surface area contributed by atoms with Crippen molar-refractivity contribution in [2.75, 3.05) is 26.3 Å². The number of imidazole rings is 1. The lowest BCUT2D eigenvalue weighted by Gasteiger charge is -2.23. The van der Waals surface area contributed by atoms with Gasteiger partial charge in [0.2, 0.25) is 0 Å². The highest BCUT2D eigenvalue weighted by atomic mass is 16.5. The van der Waals surface area contributed by atoms with Crippen molar-refractivity contribution in [2.24, 2.45) is 0 Å². The number of nitrogens with one attached hydrogen (secondary N) is 4. The quantitative estimate of drug-likeness (QED) is 0.500. The van der Waals surface area contributed by atoms with E-state index in [2.05, 4.69) is 20.6 Å². The van der Waals surface area contributed by atoms with Gasteiger partial charge < -0.3 is 25.3 Å². The van der Waals surface area contributed by atoms with Gasteiger partial charge in [0.25, 0.3) is 5.91 Å². The molecule has 7 nitrogen and oxygen atoms in total. The highest BCUT2D eigenvalue weighted by Gasteiger charge is 2.14. The maximum atomic E-state index is 11.5. The molecule has 0 aliphatic carbocycles. The molecule has 1 unspecified atom stereocenters. The summed E-state index contributed by atoms with van der Waals surface area (Å²) in [5.41, 5.74) is -0.147. The van der Waals surface area contributed by atoms with Crippen molar-refractivity contribution in [1.29, 1.82) is 0 Å². The van der Waals surface area contributed by atoms with Gasteiger partial charge >= 0.3 is 5.69 Å². The smallest absolute Gasteiger partial charge is 0.323 e. The van der Waals surface area contributed by atoms with E-state index in [9.17, 15) is 9.59 Å². The van der Waals surface area contributed by atoms with Gasteiger partial charge in [0.15, 0.2) is 0 Å². The van der Waals surface area contributed by atoms with E-state index in [-0.39, 0.29) is 23.3 Å². The third-order valence-corrected chi connectivity index (χ3v) is 2.35. The molecule has 7 heteroatoms. The molecule has 1 amide bonds. The second kappa shape index (κ2) is 4.95. The standard InChI is InChI=1S/C9H14N4O3/c14-8(7-4-12-9(15)13-7)11-3-6-5-16-2-1-10-6/h4,6,10H,1-3,5H2,(H,11,14)(H2,12,13,15). The molecule has 2 rings (SSSR count). The van der Waals surface area contributed by atoms with Gasteiger partial charge in [0, 0.05) is 25.3 Å². The Bertz CT molecular complexity index is 405. The second-order valence-corrected chi connectivity index (χ2v) is 3.59. The minimum absolute atomic E-state index is 0.128. The summed E-state index contributed by atoms with van der Waals surface area (Å²) < 4.78 is 5.25. The number of aromatic nitrogens is 2. The molecule has 2 heterocycles. The average Bonchev–Trinajstić information content (AvgIpc) is 2.74. The van der Waals surface area contributed by atoms with Crippen LogP contribution in [0.15, 0.2) is 11.0 Å². The number of carbonyl (C=O) groups excluding carboxylic acids is 1. The molecular formula is C9H14N4O3. The number of rotatable bonds is 3. The van der Waals surface area contributed by atoms with Crippen molar-refractivity contribution in [3.05, 3.63) is 22.4 Å². The van der Waals surface area contributed by atoms with Crippen LogP contribution in [0.2, 0.25) is 0 Å². The number of hydrogen-bond donors (Lipinski definition) is 4. The molecule has 0 saturated carbocycles. The van der Waals surface area contributed by atoms with Gasteiger partial charge in [-0.1, -0.05) is 0 Å². The zero-order chi connectivity index (χ0) is 11.4. The molecule has 16 heavy (non-hydrogen) atoms. The number of ether oxygens (including phenoxy) is 1. The van der Waals surface area contributed by atoms with Crippen molar-refractivity contribution >= 4 is 5.91 Å². The predicted octanol–water partition coefficient (Wildman–Crippen LogP) is -1.58. The molecule has 1 atom stereocenters. The highest BCUT2D eigenvalue weighted by Crippen LogP contribution is 1.92. The molecule has 4 N–H and O–H groups in total. The molecule has 0 bridgehead atoms. The van der Waals surface area contributed by atoms with E-state index >= 15 is 0 Å². The molecular weight excluding hydrogens is 212 g/mol. The number of H-pyrrole nitrogens is 2. The first-order chi connectivity index (χ1) is 7.75. The molecule has 1 saturated heterocycles. The lowest BCUT2D eigenvalue weighted by molar-refractivity contribution is 0.0733. The molecule has 1 aliphatic heterocycles. The highest BCUT2D eigenvalue weighted by molar-refractivity contribution is 5.91. The van der Waals surface area contributed by atoms with Gasteiger partial charge in [-0.2, -0.15) is 0 Å². The summed E-state index contributed by atoms with van der Waals surface area (Å²) in [6.45, 7) is 2.56. The lowest BCUT2D eigenvalue weighted by atomic mass is 10.2. The summed E-state index contributed by atoms with van der Waals surface area (Å²) in [5.74, 6) is -0.300. The Morgan fingerprint density at radius 2 is 2.50 bits per heavy atom. The lowest BCUT2D eigenvalue weighted by Crippen LogP contribution is -2.48. The van der Waals surface area contributed by atoms with Crippen molar-refractivity contribution in [1.82, 2.24) is 20.6 Å². The largest absolute Gasteiger partial charge is 0.378 e. The van der Waals surface area contributed by atoms with Crippen LogP contribution in [-0.2, 0) is 4.74 Å². The van der Waals surface area contributed by atoms with Crippen LogP contribution in [0.3, 0.4) is 0 Å². The van der Waals surface area contributed by atoms with Gasteiger partial charge in [-0.15, -0.1) is 0 Å². The summed E-state index contributed by atoms with van der Waals surface area (Å²) >= 11 is 0. The summed E-state index contributed by atoms with van der Waals surface area (Å²) in [7, 11) is 0. The van der Waals surface area contributed by atoms with Crippen LogP contribution in [0.4, 0.5) is 0 Å². The molecule has 0 spiro atoms. The molecule has 1 fully saturated rings. The maximum Gasteiger partial charge on any atom is 0.323 e. The fourth-order valence-corrected chi connectivity index (χ4v) is 1.52. The Hall–Kier alpha value is -1.60. The van der Waals surface area contributed by atoms with Gasteiger partial charge in [-0.05, 0) is 0 Å². The third kappa shape index (κ3) is 2.71. The van der Waals surface area contributed by atoms with E-state index in [0.29, 0.717) is 19.8 Å². The van der Waals surface area contributed by atoms with Crippen molar-refractivity contribution < 1.29 is 9.53 Å². The third-order valence-electron chi connectivity index (χ3n) is 2.35. The molecule has 0 radical (unpaired) electrons. The Morgan fingerprint density at radius 3 is 3.12 bits per heavy atom. The van der Waals surface area contributed by atoms with Gasteiger partial charge in [0.1, 0.15) is 5.69 Å². The SMILES string of the molecule is O=C(NCC1COCCN1)c1c[nH]c(=O)[nH]1. The topological polar surface area (TPSA) is 99.0 Å². The number of aromatic amines is 2. The van der Waals surface area contributed by atoms with Crippen LogP contribution in [0.25, 0.3) is 0 Å². The first kappa shape index (κ1) is 10.9. The van der Waals surface area contributed by atoms with E-state index in [4.69, 9.17) is 4.74 Å². The minimum atomic E-state index is -0.385. The van der Waals surface area contributed by atoms with E-state index in [1.54, 1.807) is 0 Å². The van der Waals surface area contributed by atoms with Gasteiger partial charge in [0.05, 0.1) is 13.2 Å². The van der Waals surface area contributed by atoms with Crippen LogP contribution in [0, 0.1) is 0 Å². The summed E-state index contributed by atoms with van der Waals surface area (Å²) in [5, 5.41) is 5.92. The molecule has 0 aromatic carbocycles. The normalized spacial score (nSPS) is 20.6. The first-order valence-electron chi connectivity index (χ1n) is 5.13. The van der Waals surface area contributed by atoms with Crippen LogP contribution in [-0.4, -0.2) is 48.2 Å². The summed E-state index contributed by atoms with van der Waals surface area (Å²) in [6, 6.07) is 0.128. The van der Waals surface area contributed by atoms with E-state index in [1.807, 2.05) is 0 Å². The van der Waals surface area contributed by atoms with E-state index in [0.717, 1.165) is 6.54 Å². The Kier molecular flexibility index (Phi) is 3.37. The van der Waals surface area contributed by atoms with Crippen molar-refractivity contribution in [3.8, 4) is 0 Å². The Labute approximate surface area is 91.6 Å². The first-order valence-corrected chi connectivity index (χ1v) is 5.13. The average molecular weight is 226 g/mol. The molecule has 1 aromatic rings. The number of amides is 1. The monoisotopic (exact) mass is 226 g/mol. The molecule has 1 aromatic heterocycles. The molecule has 1 aliphatic rings. The van der Waals surface area contributed by atoms with Gasteiger partial charge in [-0.25, -0.2) is 4.79 Å². The fraction of sp³-hybridized carbons (Fsp3) is 0.556. The summed E-state index contributed by atoms with van der Waals surface area (Å²) in [4.78, 5) is 27.1. The zero-order valence-electron chi connectivity index (χ0n) is 8.71. The van der Waals surface area contributed by atoms with Gasteiger partial charge in [-0.3, -0.25) is 4.79 Å². The Balaban J connectivity index is 1.81. The van der Waals surface area contributed by atoms with Crippen LogP contribution in [0.5, 0.6) is 0 Å². The Morgan fingerprint density at radius 1 is 1.62 bits per heavy atom. The second-order valence-electron chi connectivity index (χ2n) is 3.59. The van der Waals surface area contributed by atoms with E-state index in [1.165, 1.54) is 6.20 Å². The van der Waals surface area contributed by atoms with Crippen LogP contribution >= 0.6 is 0 Å². The number of carbonyl (C=O) groups is 1. The maximum absolute atomic E-state index is 11.5. The van der Waals surface area contributed by atoms with Crippen molar-refractivity contribution in [2.45, 2.75) is 6.04 Å². The van der Waals surface area contributed by atoms with Crippen molar-refractivity contribution in [3.63, 3.8) is 0 Å². The zero-order valence-corrected chi connectivity index (χ0v) is 8.71. The fourth-order valence-electron chi connectivity index (χ4n) is 1.52. The number of hydrogen-bond acceptors (Lipinski definition) is 4. The minimum Gasteiger partial charge on any atom is -0.378 e. The van der Waals surface area contributed by atoms with Crippen LogP contribution < -0.4 is 16.3 Å². The molecule has 88 valence electrons. The van der Waals surface area contributed by atoms with Crippen LogP contribution in [0.1, 0.15) is 10.5 Å². The van der Waals surface area contributed by atoms with E-state index < -0.39 is 0 Å². The number of morpholine rings is 1. The predicted molar refractivity (Wildman–Crippen MR) is 56.4 cm³/mol.